The molecule has 19 heavy (non-hydrogen) atoms. The second-order valence-electron chi connectivity index (χ2n) is 4.81. The van der Waals surface area contributed by atoms with E-state index in [1.54, 1.807) is 6.26 Å². The van der Waals surface area contributed by atoms with Crippen LogP contribution < -0.4 is 5.32 Å². The highest BCUT2D eigenvalue weighted by atomic mass is 32.2. The van der Waals surface area contributed by atoms with Crippen LogP contribution in [0.15, 0.2) is 12.3 Å². The molecule has 6 heteroatoms. The minimum atomic E-state index is -0.758. The monoisotopic (exact) mass is 280 g/mol. The third-order valence-electron chi connectivity index (χ3n) is 3.19. The van der Waals surface area contributed by atoms with Crippen LogP contribution in [0.2, 0.25) is 0 Å². The van der Waals surface area contributed by atoms with Gasteiger partial charge in [0.1, 0.15) is 0 Å². The number of rotatable bonds is 5. The maximum atomic E-state index is 11.1. The van der Waals surface area contributed by atoms with Crippen LogP contribution in [-0.4, -0.2) is 37.4 Å². The number of nitrogens with zero attached hydrogens (tertiary/aromatic N) is 3. The van der Waals surface area contributed by atoms with E-state index in [1.165, 1.54) is 0 Å². The van der Waals surface area contributed by atoms with E-state index in [0.29, 0.717) is 5.75 Å². The minimum Gasteiger partial charge on any atom is -0.309 e. The number of hydrogen-bond acceptors (Lipinski definition) is 4. The molecule has 5 nitrogen and oxygen atoms in total. The van der Waals surface area contributed by atoms with Gasteiger partial charge in [0.25, 0.3) is 0 Å². The first-order valence-corrected chi connectivity index (χ1v) is 8.07. The Morgan fingerprint density at radius 1 is 1.47 bits per heavy atom. The van der Waals surface area contributed by atoms with E-state index >= 15 is 0 Å². The summed E-state index contributed by atoms with van der Waals surface area (Å²) >= 11 is 0. The zero-order chi connectivity index (χ0) is 14.0. The van der Waals surface area contributed by atoms with Gasteiger partial charge < -0.3 is 5.32 Å². The molecule has 0 spiro atoms. The van der Waals surface area contributed by atoms with E-state index in [2.05, 4.69) is 22.3 Å². The lowest BCUT2D eigenvalue weighted by atomic mass is 10.1. The highest BCUT2D eigenvalue weighted by Gasteiger charge is 2.12. The Morgan fingerprint density at radius 2 is 2.21 bits per heavy atom. The average Bonchev–Trinajstić information content (AvgIpc) is 2.70. The van der Waals surface area contributed by atoms with Gasteiger partial charge in [-0.25, -0.2) is 9.50 Å². The van der Waals surface area contributed by atoms with Crippen LogP contribution >= 0.6 is 0 Å². The van der Waals surface area contributed by atoms with Gasteiger partial charge in [-0.15, -0.1) is 0 Å². The van der Waals surface area contributed by atoms with Crippen molar-refractivity contribution >= 4 is 16.4 Å². The van der Waals surface area contributed by atoms with Gasteiger partial charge in [0.2, 0.25) is 0 Å². The molecule has 2 heterocycles. The normalized spacial score (nSPS) is 14.7. The molecular weight excluding hydrogens is 260 g/mol. The molecule has 0 bridgehead atoms. The van der Waals surface area contributed by atoms with Crippen molar-refractivity contribution in [3.05, 3.63) is 29.2 Å². The fraction of sp³-hybridized carbons (Fsp3) is 0.538. The molecule has 0 saturated carbocycles. The molecule has 1 N–H and O–H groups in total. The second-order valence-corrected chi connectivity index (χ2v) is 6.36. The largest absolute Gasteiger partial charge is 0.309 e. The topological polar surface area (TPSA) is 59.3 Å². The molecular formula is C13H20N4OS. The molecule has 0 radical (unpaired) electrons. The molecule has 2 aromatic heterocycles. The molecule has 0 aliphatic heterocycles. The van der Waals surface area contributed by atoms with Crippen molar-refractivity contribution in [3.63, 3.8) is 0 Å². The van der Waals surface area contributed by atoms with Gasteiger partial charge in [-0.1, -0.05) is 0 Å². The molecule has 0 aromatic carbocycles. The summed E-state index contributed by atoms with van der Waals surface area (Å²) in [6.45, 7) is 6.84. The summed E-state index contributed by atoms with van der Waals surface area (Å²) in [7, 11) is -0.758. The molecule has 2 unspecified atom stereocenters. The maximum Gasteiger partial charge on any atom is 0.155 e. The smallest absolute Gasteiger partial charge is 0.155 e. The number of fused-ring (bicyclic) bond motifs is 1. The van der Waals surface area contributed by atoms with Crippen LogP contribution in [0.3, 0.4) is 0 Å². The van der Waals surface area contributed by atoms with E-state index in [9.17, 15) is 4.21 Å². The number of nitrogens with one attached hydrogen (secondary N) is 1. The van der Waals surface area contributed by atoms with Gasteiger partial charge in [-0.2, -0.15) is 5.10 Å². The summed E-state index contributed by atoms with van der Waals surface area (Å²) in [6.07, 6.45) is 3.62. The Balaban J connectivity index is 2.19. The van der Waals surface area contributed by atoms with Crippen molar-refractivity contribution in [2.75, 3.05) is 18.6 Å². The first-order valence-electron chi connectivity index (χ1n) is 6.34. The average molecular weight is 280 g/mol. The van der Waals surface area contributed by atoms with Crippen LogP contribution in [-0.2, 0) is 10.8 Å². The highest BCUT2D eigenvalue weighted by molar-refractivity contribution is 7.84. The van der Waals surface area contributed by atoms with Gasteiger partial charge in [-0.05, 0) is 20.8 Å². The summed E-state index contributed by atoms with van der Waals surface area (Å²) in [5.41, 5.74) is 4.06. The van der Waals surface area contributed by atoms with Crippen LogP contribution in [0.1, 0.15) is 29.9 Å². The first-order chi connectivity index (χ1) is 8.99. The zero-order valence-electron chi connectivity index (χ0n) is 11.8. The van der Waals surface area contributed by atoms with E-state index in [1.807, 2.05) is 30.6 Å². The Hall–Kier alpha value is -1.27. The zero-order valence-corrected chi connectivity index (χ0v) is 12.6. The van der Waals surface area contributed by atoms with Gasteiger partial charge >= 0.3 is 0 Å². The maximum absolute atomic E-state index is 11.1. The minimum absolute atomic E-state index is 0.171. The van der Waals surface area contributed by atoms with E-state index in [-0.39, 0.29) is 6.04 Å². The molecule has 0 amide bonds. The molecule has 2 rings (SSSR count). The highest BCUT2D eigenvalue weighted by Crippen LogP contribution is 2.17. The molecule has 2 atom stereocenters. The van der Waals surface area contributed by atoms with Crippen LogP contribution in [0.5, 0.6) is 0 Å². The summed E-state index contributed by atoms with van der Waals surface area (Å²) < 4.78 is 12.9. The third-order valence-corrected chi connectivity index (χ3v) is 3.97. The lowest BCUT2D eigenvalue weighted by molar-refractivity contribution is 0.586. The predicted molar refractivity (Wildman–Crippen MR) is 77.8 cm³/mol. The van der Waals surface area contributed by atoms with Crippen molar-refractivity contribution < 1.29 is 4.21 Å². The summed E-state index contributed by atoms with van der Waals surface area (Å²) in [5.74, 6) is 0.667. The summed E-state index contributed by atoms with van der Waals surface area (Å²) in [4.78, 5) is 4.43. The molecule has 0 aliphatic carbocycles. The van der Waals surface area contributed by atoms with Crippen LogP contribution in [0, 0.1) is 13.8 Å². The Labute approximate surface area is 115 Å². The molecule has 0 fully saturated rings. The summed E-state index contributed by atoms with van der Waals surface area (Å²) in [6, 6.07) is 2.14. The van der Waals surface area contributed by atoms with Crippen LogP contribution in [0.25, 0.3) is 5.65 Å². The van der Waals surface area contributed by atoms with Gasteiger partial charge in [0, 0.05) is 58.9 Å². The first kappa shape index (κ1) is 14.1. The van der Waals surface area contributed by atoms with Gasteiger partial charge in [0.15, 0.2) is 5.65 Å². The molecule has 2 aromatic rings. The third kappa shape index (κ3) is 3.19. The van der Waals surface area contributed by atoms with Crippen molar-refractivity contribution in [3.8, 4) is 0 Å². The SMILES string of the molecule is Cc1cc2ncc(C(C)NCCS(C)=O)c(C)n2n1. The molecule has 0 aliphatic rings. The number of aromatic nitrogens is 3. The predicted octanol–water partition coefficient (Wildman–Crippen LogP) is 1.38. The lowest BCUT2D eigenvalue weighted by Crippen LogP contribution is -2.25. The fourth-order valence-electron chi connectivity index (χ4n) is 2.13. The van der Waals surface area contributed by atoms with E-state index < -0.39 is 10.8 Å². The molecule has 0 saturated heterocycles. The van der Waals surface area contributed by atoms with Crippen molar-refractivity contribution in [2.45, 2.75) is 26.8 Å². The fourth-order valence-corrected chi connectivity index (χ4v) is 2.54. The van der Waals surface area contributed by atoms with Gasteiger partial charge in [0.05, 0.1) is 5.69 Å². The second kappa shape index (κ2) is 5.79. The quantitative estimate of drug-likeness (QED) is 0.899. The number of aryl methyl sites for hydroxylation is 2. The number of hydrogen-bond donors (Lipinski definition) is 1. The van der Waals surface area contributed by atoms with Crippen molar-refractivity contribution in [1.82, 2.24) is 19.9 Å². The Kier molecular flexibility index (Phi) is 4.31. The standard InChI is InChI=1S/C13H20N4OS/c1-9-7-13-15-8-12(11(3)17(13)16-9)10(2)14-5-6-19(4)18/h7-8,10,14H,5-6H2,1-4H3. The Bertz CT molecular complexity index is 608. The van der Waals surface area contributed by atoms with E-state index in [0.717, 1.165) is 29.1 Å². The summed E-state index contributed by atoms with van der Waals surface area (Å²) in [5, 5.41) is 7.81. The van der Waals surface area contributed by atoms with Crippen LogP contribution in [0.4, 0.5) is 0 Å². The van der Waals surface area contributed by atoms with Gasteiger partial charge in [-0.3, -0.25) is 4.21 Å². The van der Waals surface area contributed by atoms with Crippen molar-refractivity contribution in [2.24, 2.45) is 0 Å². The molecule has 104 valence electrons. The van der Waals surface area contributed by atoms with Crippen molar-refractivity contribution in [1.29, 1.82) is 0 Å². The van der Waals surface area contributed by atoms with E-state index in [4.69, 9.17) is 0 Å². The Morgan fingerprint density at radius 3 is 2.89 bits per heavy atom. The lowest BCUT2D eigenvalue weighted by Gasteiger charge is -2.16.